The molecule has 0 aromatic rings. The van der Waals surface area contributed by atoms with Crippen LogP contribution in [0.15, 0.2) is 0 Å². The van der Waals surface area contributed by atoms with Crippen LogP contribution in [0.25, 0.3) is 0 Å². The van der Waals surface area contributed by atoms with E-state index in [9.17, 15) is 0 Å². The van der Waals surface area contributed by atoms with E-state index in [2.05, 4.69) is 37.9 Å². The summed E-state index contributed by atoms with van der Waals surface area (Å²) in [7, 11) is 0. The Morgan fingerprint density at radius 3 is 2.57 bits per heavy atom. The Labute approximate surface area is 130 Å². The fourth-order valence-electron chi connectivity index (χ4n) is 4.72. The number of hydrogen-bond acceptors (Lipinski definition) is 3. The molecule has 122 valence electrons. The van der Waals surface area contributed by atoms with Gasteiger partial charge < -0.3 is 10.1 Å². The summed E-state index contributed by atoms with van der Waals surface area (Å²) in [6.45, 7) is 12.7. The van der Waals surface area contributed by atoms with E-state index in [0.717, 1.165) is 19.6 Å². The largest absolute Gasteiger partial charge is 0.370 e. The molecule has 3 aliphatic rings. The third-order valence-electron chi connectivity index (χ3n) is 5.92. The number of rotatable bonds is 3. The lowest BCUT2D eigenvalue weighted by atomic mass is 9.92. The fourth-order valence-corrected chi connectivity index (χ4v) is 4.72. The first-order chi connectivity index (χ1) is 9.89. The zero-order chi connectivity index (χ0) is 15.1. The van der Waals surface area contributed by atoms with E-state index in [1.807, 2.05) is 0 Å². The van der Waals surface area contributed by atoms with Gasteiger partial charge in [-0.15, -0.1) is 0 Å². The average molecular weight is 294 g/mol. The van der Waals surface area contributed by atoms with Crippen molar-refractivity contribution in [3.8, 4) is 0 Å². The molecule has 2 atom stereocenters. The zero-order valence-corrected chi connectivity index (χ0v) is 14.5. The lowest BCUT2D eigenvalue weighted by Gasteiger charge is -2.47. The van der Waals surface area contributed by atoms with Gasteiger partial charge in [0.15, 0.2) is 0 Å². The second kappa shape index (κ2) is 5.82. The summed E-state index contributed by atoms with van der Waals surface area (Å²) in [5, 5.41) is 3.71. The van der Waals surface area contributed by atoms with Crippen LogP contribution in [-0.4, -0.2) is 47.8 Å². The minimum Gasteiger partial charge on any atom is -0.370 e. The average Bonchev–Trinajstić information content (AvgIpc) is 2.99. The summed E-state index contributed by atoms with van der Waals surface area (Å²) in [6, 6.07) is 0.654. The molecule has 3 heteroatoms. The summed E-state index contributed by atoms with van der Waals surface area (Å²) < 4.78 is 6.55. The Hall–Kier alpha value is -0.120. The Kier molecular flexibility index (Phi) is 4.37. The van der Waals surface area contributed by atoms with Crippen LogP contribution in [0.5, 0.6) is 0 Å². The SMILES string of the molecule is CC(C)C1CNC(C)(C)CN1CC1CCC2(CCCC2)O1. The van der Waals surface area contributed by atoms with Crippen molar-refractivity contribution < 1.29 is 4.74 Å². The summed E-state index contributed by atoms with van der Waals surface area (Å²) in [4.78, 5) is 2.71. The van der Waals surface area contributed by atoms with Crippen molar-refractivity contribution in [3.05, 3.63) is 0 Å². The van der Waals surface area contributed by atoms with Crippen molar-refractivity contribution in [1.29, 1.82) is 0 Å². The first-order valence-electron chi connectivity index (χ1n) is 9.06. The van der Waals surface area contributed by atoms with Crippen LogP contribution < -0.4 is 5.32 Å². The molecule has 2 heterocycles. The maximum atomic E-state index is 6.55. The van der Waals surface area contributed by atoms with Gasteiger partial charge in [0.1, 0.15) is 0 Å². The van der Waals surface area contributed by atoms with Gasteiger partial charge in [-0.25, -0.2) is 0 Å². The first-order valence-corrected chi connectivity index (χ1v) is 9.06. The lowest BCUT2D eigenvalue weighted by Crippen LogP contribution is -2.63. The molecule has 0 aromatic heterocycles. The third kappa shape index (κ3) is 3.46. The molecule has 1 aliphatic carbocycles. The molecule has 0 aromatic carbocycles. The Bertz CT molecular complexity index is 360. The molecule has 0 amide bonds. The molecular weight excluding hydrogens is 260 g/mol. The fraction of sp³-hybridized carbons (Fsp3) is 1.00. The lowest BCUT2D eigenvalue weighted by molar-refractivity contribution is -0.0607. The van der Waals surface area contributed by atoms with Crippen LogP contribution in [0.3, 0.4) is 0 Å². The predicted molar refractivity (Wildman–Crippen MR) is 87.6 cm³/mol. The molecule has 0 bridgehead atoms. The van der Waals surface area contributed by atoms with Crippen molar-refractivity contribution in [3.63, 3.8) is 0 Å². The van der Waals surface area contributed by atoms with Crippen LogP contribution in [0.1, 0.15) is 66.2 Å². The van der Waals surface area contributed by atoms with Crippen molar-refractivity contribution in [2.75, 3.05) is 19.6 Å². The molecule has 3 nitrogen and oxygen atoms in total. The van der Waals surface area contributed by atoms with Crippen molar-refractivity contribution in [1.82, 2.24) is 10.2 Å². The molecule has 3 rings (SSSR count). The quantitative estimate of drug-likeness (QED) is 0.865. The number of nitrogens with one attached hydrogen (secondary N) is 1. The monoisotopic (exact) mass is 294 g/mol. The van der Waals surface area contributed by atoms with E-state index in [1.165, 1.54) is 38.5 Å². The molecule has 2 saturated heterocycles. The highest BCUT2D eigenvalue weighted by Crippen LogP contribution is 2.43. The van der Waals surface area contributed by atoms with Crippen LogP contribution in [0.4, 0.5) is 0 Å². The van der Waals surface area contributed by atoms with E-state index in [4.69, 9.17) is 4.74 Å². The Balaban J connectivity index is 1.61. The second-order valence-corrected chi connectivity index (χ2v) is 8.67. The number of ether oxygens (including phenoxy) is 1. The highest BCUT2D eigenvalue weighted by atomic mass is 16.5. The van der Waals surface area contributed by atoms with Gasteiger partial charge in [-0.3, -0.25) is 4.90 Å². The first kappa shape index (κ1) is 15.8. The smallest absolute Gasteiger partial charge is 0.0710 e. The third-order valence-corrected chi connectivity index (χ3v) is 5.92. The van der Waals surface area contributed by atoms with Crippen molar-refractivity contribution >= 4 is 0 Å². The summed E-state index contributed by atoms with van der Waals surface area (Å²) in [5.74, 6) is 0.704. The number of hydrogen-bond donors (Lipinski definition) is 1. The molecule has 1 saturated carbocycles. The van der Waals surface area contributed by atoms with E-state index >= 15 is 0 Å². The predicted octanol–water partition coefficient (Wildman–Crippen LogP) is 3.19. The Morgan fingerprint density at radius 1 is 1.19 bits per heavy atom. The summed E-state index contributed by atoms with van der Waals surface area (Å²) >= 11 is 0. The van der Waals surface area contributed by atoms with Gasteiger partial charge in [0.2, 0.25) is 0 Å². The molecule has 2 unspecified atom stereocenters. The summed E-state index contributed by atoms with van der Waals surface area (Å²) in [5.41, 5.74) is 0.511. The topological polar surface area (TPSA) is 24.5 Å². The van der Waals surface area contributed by atoms with Crippen LogP contribution in [-0.2, 0) is 4.74 Å². The molecule has 21 heavy (non-hydrogen) atoms. The van der Waals surface area contributed by atoms with Gasteiger partial charge in [0, 0.05) is 31.2 Å². The van der Waals surface area contributed by atoms with Crippen molar-refractivity contribution in [2.24, 2.45) is 5.92 Å². The molecule has 1 N–H and O–H groups in total. The molecule has 0 radical (unpaired) electrons. The van der Waals surface area contributed by atoms with Gasteiger partial charge >= 0.3 is 0 Å². The van der Waals surface area contributed by atoms with Gasteiger partial charge in [-0.05, 0) is 45.4 Å². The van der Waals surface area contributed by atoms with E-state index in [1.54, 1.807) is 0 Å². The van der Waals surface area contributed by atoms with Crippen LogP contribution in [0, 0.1) is 5.92 Å². The molecule has 1 spiro atoms. The second-order valence-electron chi connectivity index (χ2n) is 8.67. The molecule has 3 fully saturated rings. The van der Waals surface area contributed by atoms with E-state index < -0.39 is 0 Å². The van der Waals surface area contributed by atoms with Gasteiger partial charge in [0.05, 0.1) is 11.7 Å². The Morgan fingerprint density at radius 2 is 1.90 bits per heavy atom. The minimum absolute atomic E-state index is 0.231. The minimum atomic E-state index is 0.231. The number of piperazine rings is 1. The highest BCUT2D eigenvalue weighted by Gasteiger charge is 2.44. The van der Waals surface area contributed by atoms with Crippen LogP contribution >= 0.6 is 0 Å². The van der Waals surface area contributed by atoms with E-state index in [0.29, 0.717) is 18.1 Å². The van der Waals surface area contributed by atoms with Gasteiger partial charge in [-0.2, -0.15) is 0 Å². The van der Waals surface area contributed by atoms with Crippen molar-refractivity contribution in [2.45, 2.75) is 89.5 Å². The normalized spacial score (nSPS) is 35.9. The van der Waals surface area contributed by atoms with E-state index in [-0.39, 0.29) is 11.1 Å². The maximum absolute atomic E-state index is 6.55. The van der Waals surface area contributed by atoms with Gasteiger partial charge in [0.25, 0.3) is 0 Å². The highest BCUT2D eigenvalue weighted by molar-refractivity contribution is 4.97. The van der Waals surface area contributed by atoms with Gasteiger partial charge in [-0.1, -0.05) is 26.7 Å². The standard InChI is InChI=1S/C18H34N2O/c1-14(2)16-11-19-17(3,4)13-20(16)12-15-7-10-18(21-15)8-5-6-9-18/h14-16,19H,5-13H2,1-4H3. The summed E-state index contributed by atoms with van der Waals surface area (Å²) in [6.07, 6.45) is 8.42. The molecular formula is C18H34N2O. The van der Waals surface area contributed by atoms with Crippen LogP contribution in [0.2, 0.25) is 0 Å². The maximum Gasteiger partial charge on any atom is 0.0710 e. The number of nitrogens with zero attached hydrogens (tertiary/aromatic N) is 1. The molecule has 2 aliphatic heterocycles. The zero-order valence-electron chi connectivity index (χ0n) is 14.5.